The van der Waals surface area contributed by atoms with Crippen molar-refractivity contribution in [3.63, 3.8) is 0 Å². The summed E-state index contributed by atoms with van der Waals surface area (Å²) in [6.07, 6.45) is 7.94. The first kappa shape index (κ1) is 18.1. The molecule has 3 aliphatic rings. The highest BCUT2D eigenvalue weighted by Gasteiger charge is 2.34. The maximum atomic E-state index is 2.68. The van der Waals surface area contributed by atoms with Gasteiger partial charge in [0, 0.05) is 44.0 Å². The van der Waals surface area contributed by atoms with Gasteiger partial charge in [-0.25, -0.2) is 0 Å². The van der Waals surface area contributed by atoms with Crippen LogP contribution in [0.5, 0.6) is 0 Å². The number of anilines is 1. The standard InChI is InChI=1S/C24H36N2/c1-23(2)15-20(16-24(3,4)18-23)21-7-5-6-8-22(21)26-13-11-25(12-14-26)17-19-9-10-19/h5-8,15,19H,9-14,16-18H2,1-4H3. The second kappa shape index (κ2) is 6.71. The van der Waals surface area contributed by atoms with E-state index in [1.807, 2.05) is 0 Å². The van der Waals surface area contributed by atoms with Crippen molar-refractivity contribution in [3.8, 4) is 0 Å². The second-order valence-corrected chi connectivity index (χ2v) is 10.4. The third-order valence-electron chi connectivity index (χ3n) is 6.34. The summed E-state index contributed by atoms with van der Waals surface area (Å²) in [4.78, 5) is 5.32. The number of hydrogen-bond donors (Lipinski definition) is 0. The van der Waals surface area contributed by atoms with E-state index in [1.165, 1.54) is 69.7 Å². The number of para-hydroxylation sites is 1. The van der Waals surface area contributed by atoms with Gasteiger partial charge in [-0.1, -0.05) is 52.0 Å². The van der Waals surface area contributed by atoms with Gasteiger partial charge >= 0.3 is 0 Å². The highest BCUT2D eigenvalue weighted by Crippen LogP contribution is 2.48. The molecule has 1 saturated carbocycles. The van der Waals surface area contributed by atoms with Gasteiger partial charge in [0.1, 0.15) is 0 Å². The van der Waals surface area contributed by atoms with E-state index >= 15 is 0 Å². The Labute approximate surface area is 160 Å². The summed E-state index contributed by atoms with van der Waals surface area (Å²) < 4.78 is 0. The summed E-state index contributed by atoms with van der Waals surface area (Å²) in [5.41, 5.74) is 5.15. The van der Waals surface area contributed by atoms with Crippen LogP contribution in [-0.2, 0) is 0 Å². The van der Waals surface area contributed by atoms with Crippen LogP contribution < -0.4 is 4.90 Å². The monoisotopic (exact) mass is 352 g/mol. The summed E-state index contributed by atoms with van der Waals surface area (Å²) in [7, 11) is 0. The Hall–Kier alpha value is -1.28. The largest absolute Gasteiger partial charge is 0.368 e. The van der Waals surface area contributed by atoms with Crippen molar-refractivity contribution >= 4 is 11.3 Å². The minimum absolute atomic E-state index is 0.285. The molecule has 0 bridgehead atoms. The van der Waals surface area contributed by atoms with E-state index in [9.17, 15) is 0 Å². The van der Waals surface area contributed by atoms with E-state index in [2.05, 4.69) is 67.8 Å². The summed E-state index contributed by atoms with van der Waals surface area (Å²) in [5.74, 6) is 1.01. The van der Waals surface area contributed by atoms with Crippen LogP contribution in [0.2, 0.25) is 0 Å². The Morgan fingerprint density at radius 3 is 2.31 bits per heavy atom. The molecule has 1 heterocycles. The van der Waals surface area contributed by atoms with Crippen LogP contribution in [-0.4, -0.2) is 37.6 Å². The van der Waals surface area contributed by atoms with Crippen LogP contribution in [0, 0.1) is 16.7 Å². The minimum Gasteiger partial charge on any atom is -0.368 e. The highest BCUT2D eigenvalue weighted by molar-refractivity contribution is 5.78. The van der Waals surface area contributed by atoms with E-state index in [4.69, 9.17) is 0 Å². The topological polar surface area (TPSA) is 6.48 Å². The van der Waals surface area contributed by atoms with Crippen molar-refractivity contribution in [2.45, 2.75) is 53.4 Å². The van der Waals surface area contributed by atoms with E-state index in [0.29, 0.717) is 5.41 Å². The number of nitrogens with zero attached hydrogens (tertiary/aromatic N) is 2. The molecule has 2 nitrogen and oxygen atoms in total. The van der Waals surface area contributed by atoms with Crippen LogP contribution in [0.15, 0.2) is 30.3 Å². The number of allylic oxidation sites excluding steroid dienone is 2. The second-order valence-electron chi connectivity index (χ2n) is 10.4. The first-order valence-corrected chi connectivity index (χ1v) is 10.6. The quantitative estimate of drug-likeness (QED) is 0.711. The summed E-state index contributed by atoms with van der Waals surface area (Å²) in [6.45, 7) is 15.8. The zero-order chi connectivity index (χ0) is 18.4. The normalized spacial score (nSPS) is 25.8. The molecule has 0 N–H and O–H groups in total. The zero-order valence-electron chi connectivity index (χ0n) is 17.2. The van der Waals surface area contributed by atoms with Crippen molar-refractivity contribution in [2.24, 2.45) is 16.7 Å². The summed E-state index contributed by atoms with van der Waals surface area (Å²) >= 11 is 0. The van der Waals surface area contributed by atoms with Gasteiger partial charge in [0.05, 0.1) is 0 Å². The van der Waals surface area contributed by atoms with Crippen molar-refractivity contribution < 1.29 is 0 Å². The lowest BCUT2D eigenvalue weighted by molar-refractivity contribution is 0.228. The van der Waals surface area contributed by atoms with Crippen LogP contribution in [0.3, 0.4) is 0 Å². The maximum Gasteiger partial charge on any atom is 0.0443 e. The minimum atomic E-state index is 0.285. The van der Waals surface area contributed by atoms with Crippen LogP contribution in [0.1, 0.15) is 58.9 Å². The number of rotatable bonds is 4. The van der Waals surface area contributed by atoms with Crippen molar-refractivity contribution in [1.29, 1.82) is 0 Å². The predicted molar refractivity (Wildman–Crippen MR) is 113 cm³/mol. The molecular weight excluding hydrogens is 316 g/mol. The molecule has 2 heteroatoms. The SMILES string of the molecule is CC1(C)C=C(c2ccccc2N2CCN(CC3CC3)CC2)CC(C)(C)C1. The Morgan fingerprint density at radius 1 is 0.962 bits per heavy atom. The van der Waals surface area contributed by atoms with E-state index in [1.54, 1.807) is 5.57 Å². The van der Waals surface area contributed by atoms with Gasteiger partial charge in [-0.2, -0.15) is 0 Å². The van der Waals surface area contributed by atoms with Gasteiger partial charge in [-0.15, -0.1) is 0 Å². The molecule has 142 valence electrons. The molecule has 2 aliphatic carbocycles. The molecule has 0 amide bonds. The molecule has 1 aromatic rings. The fraction of sp³-hybridized carbons (Fsp3) is 0.667. The Bertz CT molecular complexity index is 673. The Kier molecular flexibility index (Phi) is 4.67. The molecule has 2 fully saturated rings. The van der Waals surface area contributed by atoms with Gasteiger partial charge in [0.2, 0.25) is 0 Å². The average Bonchev–Trinajstić information content (AvgIpc) is 3.37. The smallest absolute Gasteiger partial charge is 0.0443 e. The molecule has 0 unspecified atom stereocenters. The van der Waals surface area contributed by atoms with Gasteiger partial charge in [0.25, 0.3) is 0 Å². The van der Waals surface area contributed by atoms with E-state index in [-0.39, 0.29) is 5.41 Å². The van der Waals surface area contributed by atoms with Gasteiger partial charge < -0.3 is 4.90 Å². The molecule has 4 rings (SSSR count). The predicted octanol–water partition coefficient (Wildman–Crippen LogP) is 5.45. The molecule has 0 aromatic heterocycles. The molecule has 0 radical (unpaired) electrons. The molecule has 1 aromatic carbocycles. The fourth-order valence-electron chi connectivity index (χ4n) is 5.42. The molecule has 1 aliphatic heterocycles. The van der Waals surface area contributed by atoms with Crippen molar-refractivity contribution in [2.75, 3.05) is 37.6 Å². The third-order valence-corrected chi connectivity index (χ3v) is 6.34. The van der Waals surface area contributed by atoms with Gasteiger partial charge in [-0.05, 0) is 54.1 Å². The Balaban J connectivity index is 1.54. The zero-order valence-corrected chi connectivity index (χ0v) is 17.2. The highest BCUT2D eigenvalue weighted by atomic mass is 15.3. The summed E-state index contributed by atoms with van der Waals surface area (Å²) in [6, 6.07) is 9.14. The third kappa shape index (κ3) is 4.17. The fourth-order valence-corrected chi connectivity index (χ4v) is 5.42. The van der Waals surface area contributed by atoms with Crippen LogP contribution >= 0.6 is 0 Å². The van der Waals surface area contributed by atoms with Crippen molar-refractivity contribution in [3.05, 3.63) is 35.9 Å². The first-order valence-electron chi connectivity index (χ1n) is 10.6. The first-order chi connectivity index (χ1) is 12.3. The number of piperazine rings is 1. The van der Waals surface area contributed by atoms with Crippen LogP contribution in [0.4, 0.5) is 5.69 Å². The maximum absolute atomic E-state index is 2.68. The lowest BCUT2D eigenvalue weighted by Crippen LogP contribution is -2.47. The average molecular weight is 353 g/mol. The molecule has 0 spiro atoms. The van der Waals surface area contributed by atoms with Gasteiger partial charge in [-0.3, -0.25) is 4.90 Å². The molecule has 0 atom stereocenters. The van der Waals surface area contributed by atoms with Gasteiger partial charge in [0.15, 0.2) is 0 Å². The lowest BCUT2D eigenvalue weighted by atomic mass is 9.65. The van der Waals surface area contributed by atoms with Crippen LogP contribution in [0.25, 0.3) is 5.57 Å². The number of benzene rings is 1. The summed E-state index contributed by atoms with van der Waals surface area (Å²) in [5, 5.41) is 0. The van der Waals surface area contributed by atoms with E-state index in [0.717, 1.165) is 5.92 Å². The van der Waals surface area contributed by atoms with Crippen molar-refractivity contribution in [1.82, 2.24) is 4.90 Å². The Morgan fingerprint density at radius 2 is 1.65 bits per heavy atom. The van der Waals surface area contributed by atoms with E-state index < -0.39 is 0 Å². The molecule has 26 heavy (non-hydrogen) atoms. The number of hydrogen-bond acceptors (Lipinski definition) is 2. The molecule has 1 saturated heterocycles. The molecular formula is C24H36N2. The lowest BCUT2D eigenvalue weighted by Gasteiger charge is -2.41.